The van der Waals surface area contributed by atoms with Crippen LogP contribution in [0.2, 0.25) is 0 Å². The van der Waals surface area contributed by atoms with Gasteiger partial charge in [0.2, 0.25) is 0 Å². The van der Waals surface area contributed by atoms with Crippen molar-refractivity contribution in [2.24, 2.45) is 7.05 Å². The molecule has 0 aliphatic heterocycles. The van der Waals surface area contributed by atoms with Gasteiger partial charge in [0.25, 0.3) is 27.4 Å². The molecular formula is C38H38F2N6O8S. The number of rotatable bonds is 11. The molecular weight excluding hydrogens is 739 g/mol. The second kappa shape index (κ2) is 15.6. The van der Waals surface area contributed by atoms with Crippen LogP contribution in [0.25, 0.3) is 16.6 Å². The molecule has 0 saturated heterocycles. The van der Waals surface area contributed by atoms with Crippen molar-refractivity contribution < 1.29 is 36.3 Å². The Morgan fingerprint density at radius 1 is 0.909 bits per heavy atom. The van der Waals surface area contributed by atoms with Gasteiger partial charge in [-0.3, -0.25) is 28.7 Å². The highest BCUT2D eigenvalue weighted by Gasteiger charge is 2.28. The lowest BCUT2D eigenvalue weighted by Gasteiger charge is -2.20. The van der Waals surface area contributed by atoms with E-state index in [1.807, 2.05) is 4.72 Å². The van der Waals surface area contributed by atoms with E-state index in [9.17, 15) is 32.4 Å². The summed E-state index contributed by atoms with van der Waals surface area (Å²) in [6, 6.07) is 11.9. The average molecular weight is 777 g/mol. The van der Waals surface area contributed by atoms with Crippen LogP contribution < -0.4 is 26.6 Å². The molecule has 2 heterocycles. The SMILES string of the molecule is CC(C)OC(=O)[C@H](Cc1ccc(-n2c(=O)c3ccncc3n(C)c2=O)cc1)NC(=O)c1cc(F)c(NS(=O)(=O)c2ccc(C(=O)NC(C)(C)C)cc2)cc1F. The number of carbonyl (C=O) groups is 3. The fourth-order valence-electron chi connectivity index (χ4n) is 5.48. The Morgan fingerprint density at radius 2 is 1.56 bits per heavy atom. The average Bonchev–Trinajstić information content (AvgIpc) is 3.11. The number of hydrogen-bond donors (Lipinski definition) is 3. The van der Waals surface area contributed by atoms with Crippen LogP contribution in [-0.4, -0.2) is 58.0 Å². The molecule has 5 rings (SSSR count). The number of anilines is 1. The number of fused-ring (bicyclic) bond motifs is 1. The largest absolute Gasteiger partial charge is 0.461 e. The fourth-order valence-corrected chi connectivity index (χ4v) is 6.54. The Balaban J connectivity index is 1.35. The summed E-state index contributed by atoms with van der Waals surface area (Å²) in [6.45, 7) is 8.49. The molecule has 0 radical (unpaired) electrons. The Hall–Kier alpha value is -6.23. The maximum atomic E-state index is 15.3. The summed E-state index contributed by atoms with van der Waals surface area (Å²) in [7, 11) is -2.96. The lowest BCUT2D eigenvalue weighted by atomic mass is 10.0. The molecule has 5 aromatic rings. The van der Waals surface area contributed by atoms with E-state index in [1.54, 1.807) is 34.6 Å². The summed E-state index contributed by atoms with van der Waals surface area (Å²) in [4.78, 5) is 68.7. The highest BCUT2D eigenvalue weighted by atomic mass is 32.2. The minimum absolute atomic E-state index is 0.178. The van der Waals surface area contributed by atoms with Crippen molar-refractivity contribution >= 4 is 44.4 Å². The number of benzene rings is 3. The molecule has 55 heavy (non-hydrogen) atoms. The van der Waals surface area contributed by atoms with Crippen LogP contribution in [0.15, 0.2) is 93.6 Å². The molecule has 0 aliphatic carbocycles. The number of amides is 2. The number of aromatic nitrogens is 3. The van der Waals surface area contributed by atoms with Gasteiger partial charge in [0, 0.05) is 36.8 Å². The molecule has 1 atom stereocenters. The minimum atomic E-state index is -4.47. The second-order valence-corrected chi connectivity index (χ2v) is 15.6. The maximum absolute atomic E-state index is 15.3. The van der Waals surface area contributed by atoms with Gasteiger partial charge < -0.3 is 15.4 Å². The number of halogens is 2. The number of pyridine rings is 1. The van der Waals surface area contributed by atoms with Gasteiger partial charge in [-0.1, -0.05) is 12.1 Å². The van der Waals surface area contributed by atoms with Gasteiger partial charge in [0.1, 0.15) is 17.7 Å². The summed E-state index contributed by atoms with van der Waals surface area (Å²) >= 11 is 0. The quantitative estimate of drug-likeness (QED) is 0.167. The van der Waals surface area contributed by atoms with Crippen LogP contribution in [0.3, 0.4) is 0 Å². The van der Waals surface area contributed by atoms with E-state index in [0.717, 1.165) is 16.7 Å². The van der Waals surface area contributed by atoms with Crippen LogP contribution in [-0.2, 0) is 33.0 Å². The Bertz CT molecular complexity index is 2530. The third kappa shape index (κ3) is 9.12. The Kier molecular flexibility index (Phi) is 11.4. The predicted molar refractivity (Wildman–Crippen MR) is 200 cm³/mol. The van der Waals surface area contributed by atoms with Gasteiger partial charge >= 0.3 is 11.7 Å². The Morgan fingerprint density at radius 3 is 2.18 bits per heavy atom. The smallest absolute Gasteiger partial charge is 0.335 e. The summed E-state index contributed by atoms with van der Waals surface area (Å²) < 4.78 is 66.1. The van der Waals surface area contributed by atoms with E-state index in [-0.39, 0.29) is 28.0 Å². The lowest BCUT2D eigenvalue weighted by Crippen LogP contribution is -2.44. The van der Waals surface area contributed by atoms with Crippen molar-refractivity contribution in [2.45, 2.75) is 63.6 Å². The van der Waals surface area contributed by atoms with E-state index >= 15 is 8.78 Å². The first-order valence-electron chi connectivity index (χ1n) is 16.9. The third-order valence-corrected chi connectivity index (χ3v) is 9.49. The van der Waals surface area contributed by atoms with E-state index in [2.05, 4.69) is 15.6 Å². The van der Waals surface area contributed by atoms with Crippen LogP contribution in [0.4, 0.5) is 14.5 Å². The molecule has 2 amide bonds. The van der Waals surface area contributed by atoms with Crippen molar-refractivity contribution in [2.75, 3.05) is 4.72 Å². The zero-order chi connectivity index (χ0) is 40.4. The van der Waals surface area contributed by atoms with Crippen molar-refractivity contribution in [1.82, 2.24) is 24.8 Å². The number of nitrogens with zero attached hydrogens (tertiary/aromatic N) is 3. The van der Waals surface area contributed by atoms with Crippen molar-refractivity contribution in [3.8, 4) is 5.69 Å². The van der Waals surface area contributed by atoms with E-state index in [4.69, 9.17) is 4.74 Å². The van der Waals surface area contributed by atoms with E-state index in [0.29, 0.717) is 23.2 Å². The highest BCUT2D eigenvalue weighted by molar-refractivity contribution is 7.92. The number of carbonyl (C=O) groups excluding carboxylic acids is 3. The minimum Gasteiger partial charge on any atom is -0.461 e. The molecule has 288 valence electrons. The van der Waals surface area contributed by atoms with E-state index < -0.39 is 79.6 Å². The zero-order valence-electron chi connectivity index (χ0n) is 30.6. The van der Waals surface area contributed by atoms with Gasteiger partial charge in [-0.05, 0) is 88.7 Å². The van der Waals surface area contributed by atoms with Gasteiger partial charge in [0.05, 0.1) is 45.0 Å². The number of hydrogen-bond acceptors (Lipinski definition) is 9. The number of sulfonamides is 1. The van der Waals surface area contributed by atoms with Gasteiger partial charge in [-0.15, -0.1) is 0 Å². The molecule has 0 bridgehead atoms. The van der Waals surface area contributed by atoms with Crippen LogP contribution in [0.1, 0.15) is 60.9 Å². The van der Waals surface area contributed by atoms with Gasteiger partial charge in [-0.25, -0.2) is 31.4 Å². The predicted octanol–water partition coefficient (Wildman–Crippen LogP) is 3.98. The summed E-state index contributed by atoms with van der Waals surface area (Å²) in [5, 5.41) is 5.37. The number of esters is 1. The van der Waals surface area contributed by atoms with Crippen LogP contribution >= 0.6 is 0 Å². The maximum Gasteiger partial charge on any atom is 0.335 e. The molecule has 0 spiro atoms. The fraction of sp³-hybridized carbons (Fsp3) is 0.263. The molecule has 17 heteroatoms. The molecule has 0 aliphatic rings. The van der Waals surface area contributed by atoms with Crippen molar-refractivity contribution in [3.05, 3.63) is 128 Å². The monoisotopic (exact) mass is 776 g/mol. The molecule has 3 N–H and O–H groups in total. The number of ether oxygens (including phenoxy) is 1. The summed E-state index contributed by atoms with van der Waals surface area (Å²) in [6.07, 6.45) is 2.05. The highest BCUT2D eigenvalue weighted by Crippen LogP contribution is 2.24. The summed E-state index contributed by atoms with van der Waals surface area (Å²) in [5.41, 5.74) is -2.13. The Labute approximate surface area is 314 Å². The van der Waals surface area contributed by atoms with Crippen molar-refractivity contribution in [1.29, 1.82) is 0 Å². The van der Waals surface area contributed by atoms with E-state index in [1.165, 1.54) is 66.5 Å². The molecule has 0 fully saturated rings. The first-order valence-corrected chi connectivity index (χ1v) is 18.3. The first kappa shape index (κ1) is 40.0. The molecule has 2 aromatic heterocycles. The lowest BCUT2D eigenvalue weighted by molar-refractivity contribution is -0.149. The van der Waals surface area contributed by atoms with Crippen LogP contribution in [0.5, 0.6) is 0 Å². The zero-order valence-corrected chi connectivity index (χ0v) is 31.5. The first-order chi connectivity index (χ1) is 25.8. The normalized spacial score (nSPS) is 12.3. The van der Waals surface area contributed by atoms with Crippen molar-refractivity contribution in [3.63, 3.8) is 0 Å². The van der Waals surface area contributed by atoms with Gasteiger partial charge in [0.15, 0.2) is 0 Å². The molecule has 0 saturated carbocycles. The number of nitrogens with one attached hydrogen (secondary N) is 3. The second-order valence-electron chi connectivity index (χ2n) is 13.9. The molecule has 0 unspecified atom stereocenters. The number of aryl methyl sites for hydroxylation is 1. The van der Waals surface area contributed by atoms with Crippen LogP contribution in [0, 0.1) is 11.6 Å². The van der Waals surface area contributed by atoms with Gasteiger partial charge in [-0.2, -0.15) is 0 Å². The standard InChI is InChI=1S/C38H38F2N6O8S/c1-21(2)54-36(50)31(17-22-7-11-24(12-8-22)46-35(49)26-15-16-41-20-32(26)45(6)37(46)51)42-34(48)27-18-29(40)30(19-28(27)39)44-55(52,53)25-13-9-23(10-14-25)33(47)43-38(3,4)5/h7-16,18-21,31,44H,17H2,1-6H3,(H,42,48)(H,43,47)/t31-/m0/s1. The summed E-state index contributed by atoms with van der Waals surface area (Å²) in [5.74, 6) is -5.11. The third-order valence-electron chi connectivity index (χ3n) is 8.11. The molecule has 14 nitrogen and oxygen atoms in total. The topological polar surface area (TPSA) is 188 Å². The molecule has 3 aromatic carbocycles.